The number of furan rings is 1. The van der Waals surface area contributed by atoms with Gasteiger partial charge < -0.3 is 19.0 Å². The van der Waals surface area contributed by atoms with Crippen molar-refractivity contribution in [3.8, 4) is 11.5 Å². The average molecular weight is 490 g/mol. The van der Waals surface area contributed by atoms with E-state index in [0.717, 1.165) is 16.0 Å². The number of imide groups is 2. The number of aromatic carboxylic acids is 1. The second-order valence-corrected chi connectivity index (χ2v) is 8.07. The van der Waals surface area contributed by atoms with Gasteiger partial charge >= 0.3 is 12.0 Å². The van der Waals surface area contributed by atoms with Gasteiger partial charge in [0.15, 0.2) is 11.5 Å². The highest BCUT2D eigenvalue weighted by atomic mass is 16.5. The molecule has 1 fully saturated rings. The van der Waals surface area contributed by atoms with Crippen molar-refractivity contribution in [3.63, 3.8) is 0 Å². The molecule has 1 aliphatic heterocycles. The monoisotopic (exact) mass is 490 g/mol. The second kappa shape index (κ2) is 9.79. The van der Waals surface area contributed by atoms with E-state index in [2.05, 4.69) is 5.32 Å². The molecule has 2 N–H and O–H groups in total. The highest BCUT2D eigenvalue weighted by Gasteiger charge is 2.37. The standard InChI is InChI=1S/C26H22N2O8/c1-14-8-15(2)10-17(9-14)28-24(30)19(23(29)27-26(28)33)11-16-4-6-20(22(12-16)34-3)35-13-18-5-7-21(36-18)25(31)32/h4-12H,13H2,1-3H3,(H,31,32)(H,27,29,33)/b19-11+. The Morgan fingerprint density at radius 3 is 2.39 bits per heavy atom. The number of urea groups is 1. The lowest BCUT2D eigenvalue weighted by atomic mass is 10.0. The molecule has 3 aromatic rings. The zero-order valence-electron chi connectivity index (χ0n) is 19.7. The molecule has 0 spiro atoms. The summed E-state index contributed by atoms with van der Waals surface area (Å²) >= 11 is 0. The number of carbonyl (C=O) groups excluding carboxylic acids is 3. The number of methoxy groups -OCH3 is 1. The van der Waals surface area contributed by atoms with Crippen LogP contribution >= 0.6 is 0 Å². The van der Waals surface area contributed by atoms with Crippen molar-refractivity contribution >= 4 is 35.6 Å². The van der Waals surface area contributed by atoms with E-state index in [-0.39, 0.29) is 17.9 Å². The Bertz CT molecular complexity index is 1400. The molecule has 10 nitrogen and oxygen atoms in total. The number of barbiturate groups is 1. The number of nitrogens with one attached hydrogen (secondary N) is 1. The Labute approximate surface area is 205 Å². The first kappa shape index (κ1) is 24.3. The molecular formula is C26H22N2O8. The summed E-state index contributed by atoms with van der Waals surface area (Å²) in [6.45, 7) is 3.65. The number of carboxylic acid groups (broad SMARTS) is 1. The van der Waals surface area contributed by atoms with Crippen LogP contribution in [0.1, 0.15) is 33.0 Å². The largest absolute Gasteiger partial charge is 0.493 e. The number of carboxylic acids is 1. The minimum atomic E-state index is -1.18. The number of rotatable bonds is 7. The van der Waals surface area contributed by atoms with Crippen molar-refractivity contribution < 1.29 is 38.2 Å². The van der Waals surface area contributed by atoms with Crippen LogP contribution < -0.4 is 19.7 Å². The fraction of sp³-hybridized carbons (Fsp3) is 0.154. The quantitative estimate of drug-likeness (QED) is 0.377. The van der Waals surface area contributed by atoms with Crippen molar-refractivity contribution in [1.82, 2.24) is 5.32 Å². The molecule has 0 bridgehead atoms. The van der Waals surface area contributed by atoms with E-state index in [1.54, 1.807) is 30.3 Å². The predicted octanol–water partition coefficient (Wildman–Crippen LogP) is 3.85. The lowest BCUT2D eigenvalue weighted by Crippen LogP contribution is -2.54. The van der Waals surface area contributed by atoms with Crippen LogP contribution in [0.4, 0.5) is 10.5 Å². The molecule has 0 unspecified atom stereocenters. The van der Waals surface area contributed by atoms with Crippen LogP contribution in [0.25, 0.3) is 6.08 Å². The van der Waals surface area contributed by atoms with Gasteiger partial charge in [-0.25, -0.2) is 14.5 Å². The van der Waals surface area contributed by atoms with E-state index >= 15 is 0 Å². The Kier molecular flexibility index (Phi) is 6.60. The number of carbonyl (C=O) groups is 4. The summed E-state index contributed by atoms with van der Waals surface area (Å²) in [6, 6.07) is 12.0. The highest BCUT2D eigenvalue weighted by Crippen LogP contribution is 2.31. The second-order valence-electron chi connectivity index (χ2n) is 8.07. The van der Waals surface area contributed by atoms with Crippen molar-refractivity contribution in [2.24, 2.45) is 0 Å². The summed E-state index contributed by atoms with van der Waals surface area (Å²) < 4.78 is 16.2. The molecule has 1 aromatic heterocycles. The molecule has 36 heavy (non-hydrogen) atoms. The zero-order chi connectivity index (χ0) is 26.0. The normalized spacial score (nSPS) is 14.7. The number of amides is 4. The van der Waals surface area contributed by atoms with Crippen LogP contribution in [0.15, 0.2) is 58.5 Å². The van der Waals surface area contributed by atoms with Crippen LogP contribution in [-0.4, -0.2) is 36.0 Å². The first-order valence-corrected chi connectivity index (χ1v) is 10.8. The summed E-state index contributed by atoms with van der Waals surface area (Å²) in [6.07, 6.45) is 1.36. The number of anilines is 1. The van der Waals surface area contributed by atoms with Gasteiger partial charge in [0.05, 0.1) is 12.8 Å². The number of hydrogen-bond acceptors (Lipinski definition) is 7. The molecule has 0 atom stereocenters. The van der Waals surface area contributed by atoms with Gasteiger partial charge in [-0.1, -0.05) is 12.1 Å². The van der Waals surface area contributed by atoms with Crippen LogP contribution in [0.2, 0.25) is 0 Å². The summed E-state index contributed by atoms with van der Waals surface area (Å²) in [5.41, 5.74) is 2.32. The van der Waals surface area contributed by atoms with E-state index < -0.39 is 23.8 Å². The molecule has 1 saturated heterocycles. The average Bonchev–Trinajstić information content (AvgIpc) is 3.29. The third kappa shape index (κ3) is 4.97. The Hall–Kier alpha value is -4.86. The summed E-state index contributed by atoms with van der Waals surface area (Å²) in [7, 11) is 1.42. The zero-order valence-corrected chi connectivity index (χ0v) is 19.7. The molecule has 4 rings (SSSR count). The van der Waals surface area contributed by atoms with Gasteiger partial charge in [-0.15, -0.1) is 0 Å². The number of aryl methyl sites for hydroxylation is 2. The SMILES string of the molecule is COc1cc(/C=C2\C(=O)NC(=O)N(c3cc(C)cc(C)c3)C2=O)ccc1OCc1ccc(C(=O)O)o1. The predicted molar refractivity (Wildman–Crippen MR) is 128 cm³/mol. The molecule has 4 amide bonds. The van der Waals surface area contributed by atoms with Gasteiger partial charge in [-0.2, -0.15) is 0 Å². The van der Waals surface area contributed by atoms with Crippen LogP contribution in [0.3, 0.4) is 0 Å². The van der Waals surface area contributed by atoms with Crippen LogP contribution in [0.5, 0.6) is 11.5 Å². The van der Waals surface area contributed by atoms with E-state index in [0.29, 0.717) is 28.5 Å². The maximum atomic E-state index is 13.2. The number of hydrogen-bond donors (Lipinski definition) is 2. The van der Waals surface area contributed by atoms with Crippen molar-refractivity contribution in [2.75, 3.05) is 12.0 Å². The molecule has 10 heteroatoms. The minimum Gasteiger partial charge on any atom is -0.493 e. The molecule has 0 saturated carbocycles. The van der Waals surface area contributed by atoms with Gasteiger partial charge in [0.1, 0.15) is 17.9 Å². The van der Waals surface area contributed by atoms with Crippen molar-refractivity contribution in [2.45, 2.75) is 20.5 Å². The summed E-state index contributed by atoms with van der Waals surface area (Å²) in [5, 5.41) is 11.2. The molecule has 1 aliphatic rings. The third-order valence-corrected chi connectivity index (χ3v) is 5.31. The highest BCUT2D eigenvalue weighted by molar-refractivity contribution is 6.39. The Morgan fingerprint density at radius 1 is 1.03 bits per heavy atom. The van der Waals surface area contributed by atoms with Gasteiger partial charge in [-0.05, 0) is 73.0 Å². The van der Waals surface area contributed by atoms with E-state index in [1.807, 2.05) is 19.9 Å². The van der Waals surface area contributed by atoms with Gasteiger partial charge in [0.2, 0.25) is 5.76 Å². The van der Waals surface area contributed by atoms with Crippen molar-refractivity contribution in [1.29, 1.82) is 0 Å². The van der Waals surface area contributed by atoms with Crippen LogP contribution in [0, 0.1) is 13.8 Å². The van der Waals surface area contributed by atoms with Crippen molar-refractivity contribution in [3.05, 3.63) is 82.3 Å². The third-order valence-electron chi connectivity index (χ3n) is 5.31. The lowest BCUT2D eigenvalue weighted by molar-refractivity contribution is -0.122. The molecular weight excluding hydrogens is 468 g/mol. The lowest BCUT2D eigenvalue weighted by Gasteiger charge is -2.27. The number of nitrogens with zero attached hydrogens (tertiary/aromatic N) is 1. The number of ether oxygens (including phenoxy) is 2. The maximum absolute atomic E-state index is 13.2. The first-order valence-electron chi connectivity index (χ1n) is 10.8. The molecule has 0 radical (unpaired) electrons. The Balaban J connectivity index is 1.59. The van der Waals surface area contributed by atoms with Gasteiger partial charge in [0.25, 0.3) is 11.8 Å². The van der Waals surface area contributed by atoms with Crippen LogP contribution in [-0.2, 0) is 16.2 Å². The molecule has 184 valence electrons. The minimum absolute atomic E-state index is 0.0437. The summed E-state index contributed by atoms with van der Waals surface area (Å²) in [5.74, 6) is -2.00. The smallest absolute Gasteiger partial charge is 0.371 e. The number of benzene rings is 2. The fourth-order valence-corrected chi connectivity index (χ4v) is 3.75. The summed E-state index contributed by atoms with van der Waals surface area (Å²) in [4.78, 5) is 50.0. The van der Waals surface area contributed by atoms with E-state index in [4.69, 9.17) is 19.0 Å². The van der Waals surface area contributed by atoms with E-state index in [1.165, 1.54) is 25.3 Å². The molecule has 0 aliphatic carbocycles. The Morgan fingerprint density at radius 2 is 1.75 bits per heavy atom. The maximum Gasteiger partial charge on any atom is 0.371 e. The fourth-order valence-electron chi connectivity index (χ4n) is 3.75. The molecule has 2 aromatic carbocycles. The van der Waals surface area contributed by atoms with E-state index in [9.17, 15) is 19.2 Å². The molecule has 2 heterocycles. The van der Waals surface area contributed by atoms with Gasteiger partial charge in [0, 0.05) is 0 Å². The van der Waals surface area contributed by atoms with Gasteiger partial charge in [-0.3, -0.25) is 14.9 Å². The topological polar surface area (TPSA) is 135 Å². The first-order chi connectivity index (χ1) is 17.2.